The van der Waals surface area contributed by atoms with E-state index >= 15 is 0 Å². The van der Waals surface area contributed by atoms with Gasteiger partial charge in [0.2, 0.25) is 0 Å². The van der Waals surface area contributed by atoms with Gasteiger partial charge in [0, 0.05) is 49.8 Å². The summed E-state index contributed by atoms with van der Waals surface area (Å²) in [7, 11) is 0. The van der Waals surface area contributed by atoms with Crippen LogP contribution < -0.4 is 0 Å². The van der Waals surface area contributed by atoms with E-state index in [-0.39, 0.29) is 0 Å². The van der Waals surface area contributed by atoms with E-state index in [2.05, 4.69) is 24.8 Å². The lowest BCUT2D eigenvalue weighted by Crippen LogP contribution is -2.43. The molecule has 1 atom stereocenters. The van der Waals surface area contributed by atoms with Gasteiger partial charge in [0.25, 0.3) is 0 Å². The molecule has 0 aliphatic carbocycles. The highest BCUT2D eigenvalue weighted by Crippen LogP contribution is 2.22. The van der Waals surface area contributed by atoms with Gasteiger partial charge in [-0.15, -0.1) is 0 Å². The van der Waals surface area contributed by atoms with E-state index in [1.54, 1.807) is 6.20 Å². The van der Waals surface area contributed by atoms with E-state index < -0.39 is 0 Å². The first-order chi connectivity index (χ1) is 13.4. The Labute approximate surface area is 161 Å². The minimum Gasteiger partial charge on any atom is -0.379 e. The lowest BCUT2D eigenvalue weighted by Gasteiger charge is -2.37. The smallest absolute Gasteiger partial charge is 0.178 e. The van der Waals surface area contributed by atoms with Crippen molar-refractivity contribution >= 4 is 0 Å². The first-order valence-corrected chi connectivity index (χ1v) is 10.1. The van der Waals surface area contributed by atoms with Gasteiger partial charge in [-0.1, -0.05) is 12.5 Å². The molecule has 2 aromatic heterocycles. The number of aromatic nitrogens is 3. The zero-order valence-corrected chi connectivity index (χ0v) is 16.0. The van der Waals surface area contributed by atoms with Crippen LogP contribution in [-0.2, 0) is 11.3 Å². The lowest BCUT2D eigenvalue weighted by molar-refractivity contribution is 0.0302. The molecule has 4 rings (SSSR count). The number of ether oxygens (including phenoxy) is 1. The molecule has 0 aromatic carbocycles. The molecule has 4 heterocycles. The van der Waals surface area contributed by atoms with Crippen molar-refractivity contribution in [2.24, 2.45) is 0 Å². The van der Waals surface area contributed by atoms with Crippen LogP contribution in [0.2, 0.25) is 0 Å². The van der Waals surface area contributed by atoms with Crippen LogP contribution in [0.5, 0.6) is 0 Å². The zero-order valence-electron chi connectivity index (χ0n) is 16.0. The number of rotatable bonds is 6. The minimum atomic E-state index is 0.664. The molecule has 0 unspecified atom stereocenters. The van der Waals surface area contributed by atoms with E-state index in [0.29, 0.717) is 11.9 Å². The maximum absolute atomic E-state index is 5.46. The average molecular weight is 367 g/mol. The maximum Gasteiger partial charge on any atom is 0.178 e. The van der Waals surface area contributed by atoms with Gasteiger partial charge in [-0.2, -0.15) is 0 Å². The third kappa shape index (κ3) is 5.09. The van der Waals surface area contributed by atoms with Gasteiger partial charge in [0.1, 0.15) is 5.69 Å². The summed E-state index contributed by atoms with van der Waals surface area (Å²) in [6, 6.07) is 6.48. The van der Waals surface area contributed by atoms with Crippen LogP contribution in [0.15, 0.2) is 36.8 Å². The molecule has 2 aliphatic heterocycles. The maximum atomic E-state index is 5.46. The van der Waals surface area contributed by atoms with Crippen LogP contribution in [0.4, 0.5) is 0 Å². The number of likely N-dealkylation sites (tertiary alicyclic amines) is 1. The van der Waals surface area contributed by atoms with E-state index in [9.17, 15) is 0 Å². The molecule has 0 amide bonds. The Morgan fingerprint density at radius 1 is 1.00 bits per heavy atom. The number of pyridine rings is 1. The summed E-state index contributed by atoms with van der Waals surface area (Å²) in [6.07, 6.45) is 10.9. The van der Waals surface area contributed by atoms with Crippen LogP contribution >= 0.6 is 0 Å². The van der Waals surface area contributed by atoms with Crippen LogP contribution in [-0.4, -0.2) is 70.2 Å². The van der Waals surface area contributed by atoms with Crippen molar-refractivity contribution in [3.8, 4) is 11.5 Å². The van der Waals surface area contributed by atoms with Crippen molar-refractivity contribution in [1.82, 2.24) is 24.8 Å². The molecule has 0 bridgehead atoms. The number of nitrogens with zero attached hydrogens (tertiary/aromatic N) is 5. The standard InChI is InChI=1S/C21H29N5O/c1-3-8-22-20(6-1)21-23-15-18(16-24-21)17-26-9-4-2-5-19(26)7-10-25-11-13-27-14-12-25/h1,3,6,8,15-16,19H,2,4-5,7,9-14,17H2/t19-/m0/s1. The molecule has 0 saturated carbocycles. The summed E-state index contributed by atoms with van der Waals surface area (Å²) >= 11 is 0. The highest BCUT2D eigenvalue weighted by Gasteiger charge is 2.23. The number of hydrogen-bond donors (Lipinski definition) is 0. The second-order valence-corrected chi connectivity index (χ2v) is 7.49. The van der Waals surface area contributed by atoms with Crippen molar-refractivity contribution < 1.29 is 4.74 Å². The van der Waals surface area contributed by atoms with Crippen molar-refractivity contribution in [3.63, 3.8) is 0 Å². The molecule has 0 radical (unpaired) electrons. The molecule has 0 spiro atoms. The average Bonchev–Trinajstić information content (AvgIpc) is 2.75. The summed E-state index contributed by atoms with van der Waals surface area (Å²) in [4.78, 5) is 18.6. The Morgan fingerprint density at radius 3 is 2.63 bits per heavy atom. The molecule has 144 valence electrons. The summed E-state index contributed by atoms with van der Waals surface area (Å²) in [5, 5.41) is 0. The van der Waals surface area contributed by atoms with Gasteiger partial charge in [0.05, 0.1) is 13.2 Å². The Morgan fingerprint density at radius 2 is 1.85 bits per heavy atom. The Bertz CT molecular complexity index is 687. The molecule has 2 saturated heterocycles. The lowest BCUT2D eigenvalue weighted by atomic mass is 9.98. The first-order valence-electron chi connectivity index (χ1n) is 10.1. The summed E-state index contributed by atoms with van der Waals surface area (Å²) in [5.41, 5.74) is 2.01. The quantitative estimate of drug-likeness (QED) is 0.782. The van der Waals surface area contributed by atoms with E-state index in [1.165, 1.54) is 44.3 Å². The molecule has 2 aromatic rings. The molecular formula is C21H29N5O. The van der Waals surface area contributed by atoms with E-state index in [0.717, 1.165) is 38.5 Å². The van der Waals surface area contributed by atoms with Crippen LogP contribution in [0, 0.1) is 0 Å². The highest BCUT2D eigenvalue weighted by atomic mass is 16.5. The molecule has 2 aliphatic rings. The fourth-order valence-electron chi connectivity index (χ4n) is 4.05. The Balaban J connectivity index is 1.34. The Kier molecular flexibility index (Phi) is 6.40. The Hall–Kier alpha value is -1.89. The predicted molar refractivity (Wildman–Crippen MR) is 105 cm³/mol. The van der Waals surface area contributed by atoms with Gasteiger partial charge in [-0.3, -0.25) is 14.8 Å². The number of morpholine rings is 1. The van der Waals surface area contributed by atoms with Crippen LogP contribution in [0.1, 0.15) is 31.2 Å². The van der Waals surface area contributed by atoms with Crippen LogP contribution in [0.25, 0.3) is 11.5 Å². The number of hydrogen-bond acceptors (Lipinski definition) is 6. The SMILES string of the molecule is c1ccc(-c2ncc(CN3CCCC[C@H]3CCN3CCOCC3)cn2)nc1. The monoisotopic (exact) mass is 367 g/mol. The molecule has 6 heteroatoms. The second-order valence-electron chi connectivity index (χ2n) is 7.49. The topological polar surface area (TPSA) is 54.4 Å². The van der Waals surface area contributed by atoms with Gasteiger partial charge < -0.3 is 4.74 Å². The number of piperidine rings is 1. The third-order valence-electron chi connectivity index (χ3n) is 5.62. The normalized spacial score (nSPS) is 22.0. The molecule has 27 heavy (non-hydrogen) atoms. The summed E-state index contributed by atoms with van der Waals surface area (Å²) in [5.74, 6) is 0.696. The van der Waals surface area contributed by atoms with Gasteiger partial charge in [-0.25, -0.2) is 9.97 Å². The largest absolute Gasteiger partial charge is 0.379 e. The summed E-state index contributed by atoms with van der Waals surface area (Å²) in [6.45, 7) is 7.22. The minimum absolute atomic E-state index is 0.664. The molecule has 0 N–H and O–H groups in total. The van der Waals surface area contributed by atoms with Gasteiger partial charge in [-0.05, 0) is 44.5 Å². The molecular weight excluding hydrogens is 338 g/mol. The van der Waals surface area contributed by atoms with Crippen molar-refractivity contribution in [1.29, 1.82) is 0 Å². The van der Waals surface area contributed by atoms with E-state index in [4.69, 9.17) is 4.74 Å². The van der Waals surface area contributed by atoms with Crippen LogP contribution in [0.3, 0.4) is 0 Å². The highest BCUT2D eigenvalue weighted by molar-refractivity contribution is 5.47. The van der Waals surface area contributed by atoms with Crippen molar-refractivity contribution in [2.75, 3.05) is 39.4 Å². The predicted octanol–water partition coefficient (Wildman–Crippen LogP) is 2.62. The second kappa shape index (κ2) is 9.35. The van der Waals surface area contributed by atoms with Gasteiger partial charge >= 0.3 is 0 Å². The van der Waals surface area contributed by atoms with E-state index in [1.807, 2.05) is 30.6 Å². The molecule has 2 fully saturated rings. The molecule has 6 nitrogen and oxygen atoms in total. The van der Waals surface area contributed by atoms with Gasteiger partial charge in [0.15, 0.2) is 5.82 Å². The fourth-order valence-corrected chi connectivity index (χ4v) is 4.05. The third-order valence-corrected chi connectivity index (χ3v) is 5.62. The first kappa shape index (κ1) is 18.5. The fraction of sp³-hybridized carbons (Fsp3) is 0.571. The summed E-state index contributed by atoms with van der Waals surface area (Å²) < 4.78 is 5.46. The van der Waals surface area contributed by atoms with Crippen molar-refractivity contribution in [2.45, 2.75) is 38.3 Å². The zero-order chi connectivity index (χ0) is 18.3. The van der Waals surface area contributed by atoms with Crippen molar-refractivity contribution in [3.05, 3.63) is 42.4 Å².